The van der Waals surface area contributed by atoms with Gasteiger partial charge in [-0.05, 0) is 6.42 Å². The summed E-state index contributed by atoms with van der Waals surface area (Å²) in [5.41, 5.74) is 0. The number of thioether (sulfide) groups is 2. The molecule has 0 saturated carbocycles. The largest absolute Gasteiger partial charge is 0.272 e. The molecule has 0 bridgehead atoms. The molecule has 1 heterocycles. The van der Waals surface area contributed by atoms with Gasteiger partial charge in [0.1, 0.15) is 4.38 Å². The Morgan fingerprint density at radius 2 is 2.50 bits per heavy atom. The van der Waals surface area contributed by atoms with Crippen molar-refractivity contribution < 1.29 is 0 Å². The van der Waals surface area contributed by atoms with Crippen molar-refractivity contribution in [1.29, 1.82) is 0 Å². The lowest BCUT2D eigenvalue weighted by atomic mass is 10.5. The Balaban J connectivity index is 2.17. The van der Waals surface area contributed by atoms with E-state index < -0.39 is 0 Å². The summed E-state index contributed by atoms with van der Waals surface area (Å²) in [7, 11) is 0. The zero-order chi connectivity index (χ0) is 8.65. The number of hydrogen-bond donors (Lipinski definition) is 0. The van der Waals surface area contributed by atoms with Crippen molar-refractivity contribution in [1.82, 2.24) is 0 Å². The predicted octanol–water partition coefficient (Wildman–Crippen LogP) is 2.63. The number of rotatable bonds is 1. The van der Waals surface area contributed by atoms with E-state index in [4.69, 9.17) is 0 Å². The Morgan fingerprint density at radius 1 is 1.58 bits per heavy atom. The summed E-state index contributed by atoms with van der Waals surface area (Å²) >= 11 is 3.64. The number of aliphatic imine (C=N–C) groups is 1. The molecule has 0 N–H and O–H groups in total. The Hall–Kier alpha value is -0.0700. The normalized spacial score (nSPS) is 16.2. The monoisotopic (exact) mass is 199 g/mol. The molecule has 0 spiro atoms. The van der Waals surface area contributed by atoms with Gasteiger partial charge in [0.05, 0.1) is 5.75 Å². The maximum Gasteiger partial charge on any atom is 0.125 e. The van der Waals surface area contributed by atoms with Gasteiger partial charge in [0.2, 0.25) is 0 Å². The first kappa shape index (κ1) is 10.0. The molecule has 1 aliphatic rings. The molecule has 1 aliphatic heterocycles. The van der Waals surface area contributed by atoms with Crippen molar-refractivity contribution in [2.24, 2.45) is 4.99 Å². The summed E-state index contributed by atoms with van der Waals surface area (Å²) in [6.07, 6.45) is 2.19. The van der Waals surface area contributed by atoms with Gasteiger partial charge < -0.3 is 0 Å². The highest BCUT2D eigenvalue weighted by atomic mass is 32.2. The molecule has 0 aromatic carbocycles. The maximum absolute atomic E-state index is 4.40. The first-order valence-electron chi connectivity index (χ1n) is 4.19. The molecule has 0 aromatic heterocycles. The van der Waals surface area contributed by atoms with Gasteiger partial charge in [-0.15, -0.1) is 5.92 Å². The van der Waals surface area contributed by atoms with Crippen LogP contribution in [-0.2, 0) is 0 Å². The Morgan fingerprint density at radius 3 is 3.17 bits per heavy atom. The standard InChI is InChI=1S/C9H13NS2/c1-2-3-4-7-11-9-10-6-5-8-12-9/h2,5-8H2,1H3. The molecular weight excluding hydrogens is 186 g/mol. The zero-order valence-electron chi connectivity index (χ0n) is 7.30. The van der Waals surface area contributed by atoms with E-state index >= 15 is 0 Å². The molecule has 0 atom stereocenters. The van der Waals surface area contributed by atoms with Gasteiger partial charge in [0, 0.05) is 18.7 Å². The number of nitrogens with zero attached hydrogens (tertiary/aromatic N) is 1. The Kier molecular flexibility index (Phi) is 5.38. The third-order valence-corrected chi connectivity index (χ3v) is 3.58. The molecule has 0 unspecified atom stereocenters. The minimum atomic E-state index is 0.902. The van der Waals surface area contributed by atoms with Crippen LogP contribution in [0.1, 0.15) is 19.8 Å². The second-order valence-corrected chi connectivity index (χ2v) is 4.65. The second kappa shape index (κ2) is 6.45. The van der Waals surface area contributed by atoms with Crippen LogP contribution in [0.2, 0.25) is 0 Å². The fourth-order valence-corrected chi connectivity index (χ4v) is 2.67. The zero-order valence-corrected chi connectivity index (χ0v) is 8.93. The third-order valence-electron chi connectivity index (χ3n) is 1.34. The quantitative estimate of drug-likeness (QED) is 0.602. The van der Waals surface area contributed by atoms with E-state index in [1.165, 1.54) is 16.5 Å². The first-order valence-corrected chi connectivity index (χ1v) is 6.16. The average Bonchev–Trinajstić information content (AvgIpc) is 2.14. The fraction of sp³-hybridized carbons (Fsp3) is 0.667. The lowest BCUT2D eigenvalue weighted by Gasteiger charge is -2.08. The van der Waals surface area contributed by atoms with Gasteiger partial charge in [-0.3, -0.25) is 4.99 Å². The summed E-state index contributed by atoms with van der Waals surface area (Å²) in [5.74, 6) is 8.29. The van der Waals surface area contributed by atoms with Gasteiger partial charge in [-0.25, -0.2) is 0 Å². The van der Waals surface area contributed by atoms with Gasteiger partial charge in [-0.2, -0.15) is 0 Å². The molecule has 0 radical (unpaired) electrons. The molecule has 0 saturated heterocycles. The van der Waals surface area contributed by atoms with Crippen LogP contribution in [0.3, 0.4) is 0 Å². The second-order valence-electron chi connectivity index (χ2n) is 2.35. The van der Waals surface area contributed by atoms with Crippen LogP contribution in [0.25, 0.3) is 0 Å². The highest BCUT2D eigenvalue weighted by molar-refractivity contribution is 8.39. The van der Waals surface area contributed by atoms with E-state index in [0.29, 0.717) is 0 Å². The van der Waals surface area contributed by atoms with Gasteiger partial charge in [-0.1, -0.05) is 36.4 Å². The Bertz CT molecular complexity index is 212. The van der Waals surface area contributed by atoms with Gasteiger partial charge in [0.25, 0.3) is 0 Å². The molecule has 3 heteroatoms. The summed E-state index contributed by atoms with van der Waals surface area (Å²) in [5, 5.41) is 0. The minimum Gasteiger partial charge on any atom is -0.272 e. The molecule has 0 fully saturated rings. The van der Waals surface area contributed by atoms with E-state index in [1.807, 2.05) is 11.8 Å². The summed E-state index contributed by atoms with van der Waals surface area (Å²) in [6, 6.07) is 0. The van der Waals surface area contributed by atoms with Gasteiger partial charge >= 0.3 is 0 Å². The first-order chi connectivity index (χ1) is 5.93. The molecule has 0 aromatic rings. The van der Waals surface area contributed by atoms with Crippen molar-refractivity contribution in [2.75, 3.05) is 18.1 Å². The molecule has 0 aliphatic carbocycles. The third kappa shape index (κ3) is 4.08. The molecule has 66 valence electrons. The van der Waals surface area contributed by atoms with E-state index in [2.05, 4.69) is 23.8 Å². The smallest absolute Gasteiger partial charge is 0.125 e. The minimum absolute atomic E-state index is 0.902. The van der Waals surface area contributed by atoms with Crippen LogP contribution < -0.4 is 0 Å². The van der Waals surface area contributed by atoms with Crippen molar-refractivity contribution in [3.05, 3.63) is 0 Å². The summed E-state index contributed by atoms with van der Waals surface area (Å²) in [6.45, 7) is 3.08. The highest BCUT2D eigenvalue weighted by Gasteiger charge is 2.04. The lowest BCUT2D eigenvalue weighted by Crippen LogP contribution is -1.99. The molecule has 12 heavy (non-hydrogen) atoms. The van der Waals surface area contributed by atoms with E-state index in [-0.39, 0.29) is 0 Å². The van der Waals surface area contributed by atoms with E-state index in [9.17, 15) is 0 Å². The number of hydrogen-bond acceptors (Lipinski definition) is 3. The molecule has 0 amide bonds. The average molecular weight is 199 g/mol. The summed E-state index contributed by atoms with van der Waals surface area (Å²) < 4.78 is 1.23. The van der Waals surface area contributed by atoms with Crippen molar-refractivity contribution in [3.63, 3.8) is 0 Å². The molecule has 1 rings (SSSR count). The van der Waals surface area contributed by atoms with E-state index in [0.717, 1.165) is 18.7 Å². The fourth-order valence-electron chi connectivity index (χ4n) is 0.801. The van der Waals surface area contributed by atoms with Crippen LogP contribution in [-0.4, -0.2) is 22.4 Å². The SMILES string of the molecule is CCC#CCSC1=NCCCS1. The Labute approximate surface area is 82.8 Å². The van der Waals surface area contributed by atoms with Gasteiger partial charge in [0.15, 0.2) is 0 Å². The van der Waals surface area contributed by atoms with Crippen molar-refractivity contribution in [2.45, 2.75) is 19.8 Å². The summed E-state index contributed by atoms with van der Waals surface area (Å²) in [4.78, 5) is 4.40. The van der Waals surface area contributed by atoms with Crippen LogP contribution in [0.4, 0.5) is 0 Å². The van der Waals surface area contributed by atoms with Crippen LogP contribution in [0.5, 0.6) is 0 Å². The van der Waals surface area contributed by atoms with Crippen LogP contribution >= 0.6 is 23.5 Å². The van der Waals surface area contributed by atoms with Crippen molar-refractivity contribution in [3.8, 4) is 11.8 Å². The maximum atomic E-state index is 4.40. The van der Waals surface area contributed by atoms with Crippen LogP contribution in [0, 0.1) is 11.8 Å². The molecular formula is C9H13NS2. The molecule has 1 nitrogen and oxygen atoms in total. The highest BCUT2D eigenvalue weighted by Crippen LogP contribution is 2.21. The predicted molar refractivity (Wildman–Crippen MR) is 59.9 cm³/mol. The van der Waals surface area contributed by atoms with E-state index in [1.54, 1.807) is 11.8 Å². The lowest BCUT2D eigenvalue weighted by molar-refractivity contribution is 0.942. The van der Waals surface area contributed by atoms with Crippen molar-refractivity contribution >= 4 is 27.9 Å². The topological polar surface area (TPSA) is 12.4 Å². The van der Waals surface area contributed by atoms with Crippen LogP contribution in [0.15, 0.2) is 4.99 Å².